The van der Waals surface area contributed by atoms with Crippen LogP contribution in [0.3, 0.4) is 0 Å². The average molecular weight is 368 g/mol. The van der Waals surface area contributed by atoms with Crippen molar-refractivity contribution in [2.24, 2.45) is 0 Å². The third kappa shape index (κ3) is 3.36. The maximum atomic E-state index is 5.56. The first kappa shape index (κ1) is 16.8. The fraction of sp³-hybridized carbons (Fsp3) is 0.263. The van der Waals surface area contributed by atoms with Gasteiger partial charge in [0.25, 0.3) is 0 Å². The van der Waals surface area contributed by atoms with Crippen molar-refractivity contribution >= 4 is 39.6 Å². The lowest BCUT2D eigenvalue weighted by atomic mass is 10.2. The molecule has 134 valence electrons. The Labute approximate surface area is 157 Å². The van der Waals surface area contributed by atoms with Crippen LogP contribution >= 0.6 is 12.2 Å². The number of para-hydroxylation sites is 2. The predicted octanol–water partition coefficient (Wildman–Crippen LogP) is 3.20. The molecule has 0 saturated carbocycles. The Morgan fingerprint density at radius 3 is 2.81 bits per heavy atom. The van der Waals surface area contributed by atoms with Gasteiger partial charge in [0.1, 0.15) is 10.7 Å². The molecule has 2 aromatic carbocycles. The van der Waals surface area contributed by atoms with Gasteiger partial charge in [-0.3, -0.25) is 0 Å². The van der Waals surface area contributed by atoms with E-state index < -0.39 is 0 Å². The number of anilines is 2. The van der Waals surface area contributed by atoms with Crippen molar-refractivity contribution in [3.8, 4) is 5.75 Å². The molecule has 4 rings (SSSR count). The number of benzene rings is 2. The standard InChI is InChI=1S/C19H20N4O2S/c1-24-17-7-6-13(23-8-10-25-11-9-23)12-16(17)22-19(26)18-20-14-4-2-3-5-15(14)21-18/h2-7,12H,8-11H2,1H3,(H,20,21)(H,22,26). The Balaban J connectivity index is 1.60. The van der Waals surface area contributed by atoms with Crippen LogP contribution in [0.4, 0.5) is 11.4 Å². The second-order valence-electron chi connectivity index (χ2n) is 6.04. The summed E-state index contributed by atoms with van der Waals surface area (Å²) in [5.74, 6) is 1.38. The number of aromatic nitrogens is 2. The number of H-pyrrole nitrogens is 1. The van der Waals surface area contributed by atoms with E-state index in [2.05, 4.69) is 32.3 Å². The zero-order chi connectivity index (χ0) is 17.9. The van der Waals surface area contributed by atoms with Crippen LogP contribution in [0.2, 0.25) is 0 Å². The van der Waals surface area contributed by atoms with Crippen molar-refractivity contribution < 1.29 is 9.47 Å². The van der Waals surface area contributed by atoms with Gasteiger partial charge in [-0.1, -0.05) is 24.4 Å². The van der Waals surface area contributed by atoms with Gasteiger partial charge >= 0.3 is 0 Å². The quantitative estimate of drug-likeness (QED) is 0.690. The fourth-order valence-corrected chi connectivity index (χ4v) is 3.26. The molecule has 0 bridgehead atoms. The number of thiocarbonyl (C=S) groups is 1. The zero-order valence-corrected chi connectivity index (χ0v) is 15.3. The van der Waals surface area contributed by atoms with E-state index >= 15 is 0 Å². The molecule has 0 aliphatic carbocycles. The van der Waals surface area contributed by atoms with Crippen LogP contribution in [0.1, 0.15) is 5.82 Å². The molecular formula is C19H20N4O2S. The highest BCUT2D eigenvalue weighted by Crippen LogP contribution is 2.30. The normalized spacial score (nSPS) is 14.4. The first-order chi connectivity index (χ1) is 12.7. The number of nitrogens with one attached hydrogen (secondary N) is 2. The van der Waals surface area contributed by atoms with E-state index in [0.29, 0.717) is 10.8 Å². The van der Waals surface area contributed by atoms with E-state index in [9.17, 15) is 0 Å². The van der Waals surface area contributed by atoms with E-state index in [-0.39, 0.29) is 0 Å². The van der Waals surface area contributed by atoms with Gasteiger partial charge in [-0.2, -0.15) is 0 Å². The highest BCUT2D eigenvalue weighted by atomic mass is 32.1. The van der Waals surface area contributed by atoms with Gasteiger partial charge in [0.2, 0.25) is 0 Å². The topological polar surface area (TPSA) is 62.4 Å². The first-order valence-electron chi connectivity index (χ1n) is 8.51. The maximum absolute atomic E-state index is 5.56. The monoisotopic (exact) mass is 368 g/mol. The summed E-state index contributed by atoms with van der Waals surface area (Å²) in [5.41, 5.74) is 3.78. The third-order valence-electron chi connectivity index (χ3n) is 4.41. The molecule has 2 N–H and O–H groups in total. The van der Waals surface area contributed by atoms with Crippen LogP contribution < -0.4 is 15.0 Å². The molecule has 0 spiro atoms. The Hall–Kier alpha value is -2.64. The molecule has 1 fully saturated rings. The Morgan fingerprint density at radius 2 is 2.04 bits per heavy atom. The Bertz CT molecular complexity index is 901. The minimum atomic E-state index is 0.527. The second kappa shape index (κ2) is 7.31. The molecule has 1 aromatic heterocycles. The van der Waals surface area contributed by atoms with Crippen molar-refractivity contribution in [3.63, 3.8) is 0 Å². The van der Waals surface area contributed by atoms with Gasteiger partial charge in [0, 0.05) is 18.8 Å². The number of ether oxygens (including phenoxy) is 2. The van der Waals surface area contributed by atoms with Crippen LogP contribution in [0.5, 0.6) is 5.75 Å². The number of imidazole rings is 1. The van der Waals surface area contributed by atoms with Crippen LogP contribution in [0.25, 0.3) is 11.0 Å². The molecule has 2 heterocycles. The lowest BCUT2D eigenvalue weighted by molar-refractivity contribution is 0.122. The molecule has 6 nitrogen and oxygen atoms in total. The predicted molar refractivity (Wildman–Crippen MR) is 107 cm³/mol. The van der Waals surface area contributed by atoms with Gasteiger partial charge < -0.3 is 24.7 Å². The van der Waals surface area contributed by atoms with Gasteiger partial charge in [-0.15, -0.1) is 0 Å². The van der Waals surface area contributed by atoms with E-state index in [1.165, 1.54) is 0 Å². The highest BCUT2D eigenvalue weighted by Gasteiger charge is 2.15. The zero-order valence-electron chi connectivity index (χ0n) is 14.5. The van der Waals surface area contributed by atoms with Crippen molar-refractivity contribution in [3.05, 3.63) is 48.3 Å². The smallest absolute Gasteiger partial charge is 0.166 e. The summed E-state index contributed by atoms with van der Waals surface area (Å²) in [6.07, 6.45) is 0. The van der Waals surface area contributed by atoms with Gasteiger partial charge in [-0.05, 0) is 30.3 Å². The molecule has 1 aliphatic rings. The number of nitrogens with zero attached hydrogens (tertiary/aromatic N) is 2. The van der Waals surface area contributed by atoms with Crippen LogP contribution in [0.15, 0.2) is 42.5 Å². The van der Waals surface area contributed by atoms with Gasteiger partial charge in [-0.25, -0.2) is 4.98 Å². The van der Waals surface area contributed by atoms with Crippen molar-refractivity contribution in [2.75, 3.05) is 43.6 Å². The molecule has 0 amide bonds. The van der Waals surface area contributed by atoms with E-state index in [1.807, 2.05) is 30.3 Å². The van der Waals surface area contributed by atoms with E-state index in [0.717, 1.165) is 54.5 Å². The summed E-state index contributed by atoms with van der Waals surface area (Å²) < 4.78 is 10.9. The number of aromatic amines is 1. The molecule has 1 saturated heterocycles. The highest BCUT2D eigenvalue weighted by molar-refractivity contribution is 7.81. The average Bonchev–Trinajstić information content (AvgIpc) is 3.13. The van der Waals surface area contributed by atoms with E-state index in [4.69, 9.17) is 21.7 Å². The number of rotatable bonds is 4. The largest absolute Gasteiger partial charge is 0.495 e. The van der Waals surface area contributed by atoms with Crippen LogP contribution in [-0.2, 0) is 4.74 Å². The molecular weight excluding hydrogens is 348 g/mol. The Kier molecular flexibility index (Phi) is 4.73. The Morgan fingerprint density at radius 1 is 1.23 bits per heavy atom. The molecule has 0 radical (unpaired) electrons. The second-order valence-corrected chi connectivity index (χ2v) is 6.45. The van der Waals surface area contributed by atoms with Crippen molar-refractivity contribution in [2.45, 2.75) is 0 Å². The molecule has 26 heavy (non-hydrogen) atoms. The fourth-order valence-electron chi connectivity index (χ4n) is 3.05. The summed E-state index contributed by atoms with van der Waals surface area (Å²) in [5, 5.41) is 3.27. The SMILES string of the molecule is COc1ccc(N2CCOCC2)cc1NC(=S)c1nc2ccccc2[nH]1. The first-order valence-corrected chi connectivity index (χ1v) is 8.92. The van der Waals surface area contributed by atoms with Crippen LogP contribution in [0, 0.1) is 0 Å². The molecule has 0 atom stereocenters. The van der Waals surface area contributed by atoms with Crippen LogP contribution in [-0.4, -0.2) is 48.4 Å². The number of hydrogen-bond donors (Lipinski definition) is 2. The van der Waals surface area contributed by atoms with Crippen molar-refractivity contribution in [1.82, 2.24) is 9.97 Å². The summed E-state index contributed by atoms with van der Waals surface area (Å²) >= 11 is 5.56. The minimum Gasteiger partial charge on any atom is -0.495 e. The van der Waals surface area contributed by atoms with Gasteiger partial charge in [0.05, 0.1) is 37.0 Å². The number of hydrogen-bond acceptors (Lipinski definition) is 5. The van der Waals surface area contributed by atoms with Crippen molar-refractivity contribution in [1.29, 1.82) is 0 Å². The summed E-state index contributed by atoms with van der Waals surface area (Å²) in [4.78, 5) is 10.6. The third-order valence-corrected chi connectivity index (χ3v) is 4.71. The maximum Gasteiger partial charge on any atom is 0.166 e. The minimum absolute atomic E-state index is 0.527. The number of methoxy groups -OCH3 is 1. The summed E-state index contributed by atoms with van der Waals surface area (Å²) in [6, 6.07) is 13.9. The van der Waals surface area contributed by atoms with Gasteiger partial charge in [0.15, 0.2) is 5.82 Å². The number of morpholine rings is 1. The molecule has 7 heteroatoms. The number of fused-ring (bicyclic) bond motifs is 1. The molecule has 0 unspecified atom stereocenters. The lowest BCUT2D eigenvalue weighted by Crippen LogP contribution is -2.36. The lowest BCUT2D eigenvalue weighted by Gasteiger charge is -2.29. The summed E-state index contributed by atoms with van der Waals surface area (Å²) in [6.45, 7) is 3.23. The molecule has 3 aromatic rings. The molecule has 1 aliphatic heterocycles. The van der Waals surface area contributed by atoms with E-state index in [1.54, 1.807) is 7.11 Å². The summed E-state index contributed by atoms with van der Waals surface area (Å²) in [7, 11) is 1.65.